The lowest BCUT2D eigenvalue weighted by Crippen LogP contribution is -2.36. The number of rotatable bonds is 4. The van der Waals surface area contributed by atoms with Gasteiger partial charge in [-0.25, -0.2) is 0 Å². The number of thiophene rings is 1. The Balaban J connectivity index is 2.27. The fourth-order valence-corrected chi connectivity index (χ4v) is 2.68. The van der Waals surface area contributed by atoms with E-state index in [1.807, 2.05) is 43.2 Å². The number of amides is 1. The number of nitrogens with two attached hydrogens (primary N) is 1. The highest BCUT2D eigenvalue weighted by Gasteiger charge is 2.21. The van der Waals surface area contributed by atoms with Gasteiger partial charge in [0, 0.05) is 28.5 Å². The topological polar surface area (TPSA) is 59.2 Å². The minimum Gasteiger partial charge on any atom is -0.398 e. The molecule has 0 atom stereocenters. The first kappa shape index (κ1) is 14.5. The van der Waals surface area contributed by atoms with Crippen molar-refractivity contribution in [1.82, 2.24) is 9.88 Å². The van der Waals surface area contributed by atoms with Gasteiger partial charge in [0.1, 0.15) is 0 Å². The Morgan fingerprint density at radius 2 is 2.25 bits per heavy atom. The fourth-order valence-electron chi connectivity index (χ4n) is 1.97. The molecule has 1 amide bonds. The van der Waals surface area contributed by atoms with E-state index in [9.17, 15) is 4.79 Å². The molecule has 20 heavy (non-hydrogen) atoms. The molecule has 2 heterocycles. The molecule has 4 nitrogen and oxygen atoms in total. The van der Waals surface area contributed by atoms with Crippen molar-refractivity contribution in [3.8, 4) is 0 Å². The van der Waals surface area contributed by atoms with Crippen molar-refractivity contribution in [2.45, 2.75) is 33.4 Å². The first-order chi connectivity index (χ1) is 9.49. The molecule has 0 aliphatic carbocycles. The van der Waals surface area contributed by atoms with Crippen molar-refractivity contribution >= 4 is 22.9 Å². The van der Waals surface area contributed by atoms with Gasteiger partial charge >= 0.3 is 0 Å². The summed E-state index contributed by atoms with van der Waals surface area (Å²) in [5, 5.41) is 2.01. The summed E-state index contributed by atoms with van der Waals surface area (Å²) in [6.45, 7) is 6.46. The molecule has 0 fully saturated rings. The van der Waals surface area contributed by atoms with Gasteiger partial charge in [0.15, 0.2) is 0 Å². The van der Waals surface area contributed by atoms with Gasteiger partial charge in [0.05, 0.1) is 12.1 Å². The zero-order valence-corrected chi connectivity index (χ0v) is 12.8. The molecule has 0 unspecified atom stereocenters. The average Bonchev–Trinajstić information content (AvgIpc) is 2.87. The molecule has 2 N–H and O–H groups in total. The van der Waals surface area contributed by atoms with Gasteiger partial charge in [-0.05, 0) is 38.3 Å². The normalized spacial score (nSPS) is 10.8. The van der Waals surface area contributed by atoms with Crippen LogP contribution in [-0.2, 0) is 6.54 Å². The largest absolute Gasteiger partial charge is 0.398 e. The maximum atomic E-state index is 12.7. The maximum Gasteiger partial charge on any atom is 0.258 e. The summed E-state index contributed by atoms with van der Waals surface area (Å²) in [7, 11) is 0. The van der Waals surface area contributed by atoms with Crippen LogP contribution in [0.1, 0.15) is 34.8 Å². The highest BCUT2D eigenvalue weighted by Crippen LogP contribution is 2.19. The summed E-state index contributed by atoms with van der Waals surface area (Å²) in [4.78, 5) is 19.8. The molecular formula is C15H19N3OS. The molecular weight excluding hydrogens is 270 g/mol. The van der Waals surface area contributed by atoms with Gasteiger partial charge in [0.2, 0.25) is 0 Å². The highest BCUT2D eigenvalue weighted by atomic mass is 32.1. The summed E-state index contributed by atoms with van der Waals surface area (Å²) in [5.74, 6) is -0.0709. The highest BCUT2D eigenvalue weighted by molar-refractivity contribution is 7.09. The average molecular weight is 289 g/mol. The quantitative estimate of drug-likeness (QED) is 0.941. The SMILES string of the molecule is Cc1cc(N)c(C(=O)N(Cc2cccs2)C(C)C)cn1. The molecule has 0 bridgehead atoms. The number of anilines is 1. The van der Waals surface area contributed by atoms with E-state index in [0.29, 0.717) is 17.8 Å². The Labute approximate surface area is 123 Å². The lowest BCUT2D eigenvalue weighted by Gasteiger charge is -2.26. The second-order valence-electron chi connectivity index (χ2n) is 5.02. The van der Waals surface area contributed by atoms with E-state index < -0.39 is 0 Å². The third kappa shape index (κ3) is 3.17. The summed E-state index contributed by atoms with van der Waals surface area (Å²) in [6.07, 6.45) is 1.57. The van der Waals surface area contributed by atoms with Crippen LogP contribution in [0.2, 0.25) is 0 Å². The molecule has 2 aromatic rings. The lowest BCUT2D eigenvalue weighted by molar-refractivity contribution is 0.0693. The minimum atomic E-state index is -0.0709. The third-order valence-corrected chi connectivity index (χ3v) is 3.95. The zero-order valence-electron chi connectivity index (χ0n) is 12.0. The number of hydrogen-bond donors (Lipinski definition) is 1. The molecule has 106 valence electrons. The van der Waals surface area contributed by atoms with Crippen molar-refractivity contribution in [2.24, 2.45) is 0 Å². The number of aryl methyl sites for hydroxylation is 1. The van der Waals surface area contributed by atoms with Crippen LogP contribution < -0.4 is 5.73 Å². The molecule has 0 spiro atoms. The van der Waals surface area contributed by atoms with Crippen molar-refractivity contribution in [3.05, 3.63) is 45.9 Å². The van der Waals surface area contributed by atoms with Crippen LogP contribution >= 0.6 is 11.3 Å². The summed E-state index contributed by atoms with van der Waals surface area (Å²) in [5.41, 5.74) is 7.72. The second-order valence-corrected chi connectivity index (χ2v) is 6.05. The summed E-state index contributed by atoms with van der Waals surface area (Å²) in [6, 6.07) is 5.86. The van der Waals surface area contributed by atoms with E-state index in [2.05, 4.69) is 4.98 Å². The van der Waals surface area contributed by atoms with Crippen LogP contribution in [-0.4, -0.2) is 21.8 Å². The number of nitrogen functional groups attached to an aromatic ring is 1. The van der Waals surface area contributed by atoms with Crippen molar-refractivity contribution < 1.29 is 4.79 Å². The number of carbonyl (C=O) groups is 1. The minimum absolute atomic E-state index is 0.0709. The van der Waals surface area contributed by atoms with Gasteiger partial charge in [-0.1, -0.05) is 6.07 Å². The van der Waals surface area contributed by atoms with Crippen LogP contribution in [0.4, 0.5) is 5.69 Å². The van der Waals surface area contributed by atoms with Crippen molar-refractivity contribution in [2.75, 3.05) is 5.73 Å². The van der Waals surface area contributed by atoms with E-state index >= 15 is 0 Å². The van der Waals surface area contributed by atoms with Gasteiger partial charge in [0.25, 0.3) is 5.91 Å². The lowest BCUT2D eigenvalue weighted by atomic mass is 10.1. The van der Waals surface area contributed by atoms with E-state index in [1.54, 1.807) is 23.6 Å². The van der Waals surface area contributed by atoms with Crippen molar-refractivity contribution in [3.63, 3.8) is 0 Å². The molecule has 2 rings (SSSR count). The molecule has 0 radical (unpaired) electrons. The van der Waals surface area contributed by atoms with E-state index in [-0.39, 0.29) is 11.9 Å². The summed E-state index contributed by atoms with van der Waals surface area (Å²) < 4.78 is 0. The van der Waals surface area contributed by atoms with E-state index in [4.69, 9.17) is 5.73 Å². The number of aromatic nitrogens is 1. The van der Waals surface area contributed by atoms with Crippen LogP contribution in [0.25, 0.3) is 0 Å². The smallest absolute Gasteiger partial charge is 0.258 e. The molecule has 0 saturated carbocycles. The molecule has 0 aliphatic heterocycles. The van der Waals surface area contributed by atoms with Gasteiger partial charge in [-0.2, -0.15) is 0 Å². The Kier molecular flexibility index (Phi) is 4.39. The molecule has 0 aromatic carbocycles. The second kappa shape index (κ2) is 6.05. The van der Waals surface area contributed by atoms with Crippen LogP contribution in [0.15, 0.2) is 29.8 Å². The standard InChI is InChI=1S/C15H19N3OS/c1-10(2)18(9-12-5-4-6-20-12)15(19)13-8-17-11(3)7-14(13)16/h4-8,10H,9H2,1-3H3,(H2,16,17). The van der Waals surface area contributed by atoms with Gasteiger partial charge in [-0.15, -0.1) is 11.3 Å². The predicted molar refractivity (Wildman–Crippen MR) is 82.7 cm³/mol. The predicted octanol–water partition coefficient (Wildman–Crippen LogP) is 3.08. The first-order valence-corrected chi connectivity index (χ1v) is 7.42. The molecule has 5 heteroatoms. The molecule has 0 saturated heterocycles. The summed E-state index contributed by atoms with van der Waals surface area (Å²) >= 11 is 1.65. The first-order valence-electron chi connectivity index (χ1n) is 6.54. The maximum absolute atomic E-state index is 12.7. The third-order valence-electron chi connectivity index (χ3n) is 3.09. The van der Waals surface area contributed by atoms with Gasteiger partial charge < -0.3 is 10.6 Å². The van der Waals surface area contributed by atoms with E-state index in [0.717, 1.165) is 10.6 Å². The zero-order chi connectivity index (χ0) is 14.7. The Hall–Kier alpha value is -1.88. The number of carbonyl (C=O) groups excluding carboxylic acids is 1. The number of hydrogen-bond acceptors (Lipinski definition) is 4. The number of pyridine rings is 1. The van der Waals surface area contributed by atoms with Crippen molar-refractivity contribution in [1.29, 1.82) is 0 Å². The Bertz CT molecular complexity index is 593. The van der Waals surface area contributed by atoms with Crippen LogP contribution in [0, 0.1) is 6.92 Å². The van der Waals surface area contributed by atoms with Crippen LogP contribution in [0.3, 0.4) is 0 Å². The fraction of sp³-hybridized carbons (Fsp3) is 0.333. The Morgan fingerprint density at radius 1 is 1.50 bits per heavy atom. The molecule has 2 aromatic heterocycles. The van der Waals surface area contributed by atoms with Gasteiger partial charge in [-0.3, -0.25) is 9.78 Å². The Morgan fingerprint density at radius 3 is 2.80 bits per heavy atom. The van der Waals surface area contributed by atoms with Crippen LogP contribution in [0.5, 0.6) is 0 Å². The molecule has 0 aliphatic rings. The van der Waals surface area contributed by atoms with E-state index in [1.165, 1.54) is 0 Å². The monoisotopic (exact) mass is 289 g/mol. The number of nitrogens with zero attached hydrogens (tertiary/aromatic N) is 2.